The Balaban J connectivity index is 2.37. The topological polar surface area (TPSA) is 113 Å². The van der Waals surface area contributed by atoms with Gasteiger partial charge in [0.2, 0.25) is 5.95 Å². The molecule has 9 heteroatoms. The van der Waals surface area contributed by atoms with Gasteiger partial charge in [-0.1, -0.05) is 18.5 Å². The molecule has 1 atom stereocenters. The van der Waals surface area contributed by atoms with Crippen molar-refractivity contribution in [3.8, 4) is 0 Å². The van der Waals surface area contributed by atoms with Crippen molar-refractivity contribution >= 4 is 35.7 Å². The van der Waals surface area contributed by atoms with E-state index >= 15 is 0 Å². The molecule has 0 radical (unpaired) electrons. The molecule has 0 saturated carbocycles. The van der Waals surface area contributed by atoms with Gasteiger partial charge in [-0.05, 0) is 6.42 Å². The summed E-state index contributed by atoms with van der Waals surface area (Å²) in [6, 6.07) is -0.0982. The van der Waals surface area contributed by atoms with Gasteiger partial charge in [-0.15, -0.1) is 0 Å². The first kappa shape index (κ1) is 15.3. The lowest BCUT2D eigenvalue weighted by Gasteiger charge is -2.41. The molecular weight excluding hydrogens is 298 g/mol. The van der Waals surface area contributed by atoms with Gasteiger partial charge in [-0.3, -0.25) is 4.79 Å². The second kappa shape index (κ2) is 6.13. The van der Waals surface area contributed by atoms with Crippen molar-refractivity contribution in [1.82, 2.24) is 14.9 Å². The van der Waals surface area contributed by atoms with Crippen LogP contribution < -0.4 is 10.6 Å². The van der Waals surface area contributed by atoms with Crippen molar-refractivity contribution < 1.29 is 14.7 Å². The van der Waals surface area contributed by atoms with Crippen LogP contribution in [0.1, 0.15) is 23.7 Å². The van der Waals surface area contributed by atoms with E-state index in [0.29, 0.717) is 38.2 Å². The van der Waals surface area contributed by atoms with Crippen LogP contribution in [0.3, 0.4) is 0 Å². The lowest BCUT2D eigenvalue weighted by molar-refractivity contribution is 0.112. The van der Waals surface area contributed by atoms with Crippen molar-refractivity contribution in [2.24, 2.45) is 0 Å². The van der Waals surface area contributed by atoms with E-state index in [1.54, 1.807) is 0 Å². The van der Waals surface area contributed by atoms with E-state index < -0.39 is 6.09 Å². The zero-order valence-corrected chi connectivity index (χ0v) is 12.2. The third-order valence-electron chi connectivity index (χ3n) is 3.51. The number of aldehydes is 1. The molecule has 3 N–H and O–H groups in total. The summed E-state index contributed by atoms with van der Waals surface area (Å²) < 4.78 is 0. The van der Waals surface area contributed by atoms with E-state index in [1.807, 2.05) is 11.8 Å². The number of piperazine rings is 1. The minimum atomic E-state index is -0.955. The molecule has 1 aliphatic heterocycles. The highest BCUT2D eigenvalue weighted by molar-refractivity contribution is 6.32. The highest BCUT2D eigenvalue weighted by atomic mass is 35.5. The van der Waals surface area contributed by atoms with Gasteiger partial charge in [0.1, 0.15) is 11.0 Å². The molecular formula is C12H16ClN5O3. The summed E-state index contributed by atoms with van der Waals surface area (Å²) in [5.41, 5.74) is 5.77. The van der Waals surface area contributed by atoms with Crippen LogP contribution in [0.2, 0.25) is 5.15 Å². The van der Waals surface area contributed by atoms with Gasteiger partial charge < -0.3 is 20.6 Å². The third-order valence-corrected chi connectivity index (χ3v) is 3.80. The second-order valence-electron chi connectivity index (χ2n) is 4.71. The van der Waals surface area contributed by atoms with Crippen molar-refractivity contribution in [1.29, 1.82) is 0 Å². The number of amides is 1. The number of carbonyl (C=O) groups is 2. The molecule has 0 bridgehead atoms. The van der Waals surface area contributed by atoms with Gasteiger partial charge in [0.05, 0.1) is 5.56 Å². The van der Waals surface area contributed by atoms with Crippen LogP contribution in [0.25, 0.3) is 0 Å². The number of aromatic nitrogens is 2. The first-order chi connectivity index (χ1) is 9.97. The number of carboxylic acid groups (broad SMARTS) is 1. The predicted octanol–water partition coefficient (Wildman–Crippen LogP) is 1.10. The number of anilines is 2. The maximum Gasteiger partial charge on any atom is 0.407 e. The maximum absolute atomic E-state index is 11.2. The van der Waals surface area contributed by atoms with E-state index in [9.17, 15) is 9.59 Å². The van der Waals surface area contributed by atoms with Crippen LogP contribution in [0.5, 0.6) is 0 Å². The quantitative estimate of drug-likeness (QED) is 0.634. The Morgan fingerprint density at radius 1 is 1.52 bits per heavy atom. The fraction of sp³-hybridized carbons (Fsp3) is 0.500. The smallest absolute Gasteiger partial charge is 0.407 e. The zero-order valence-electron chi connectivity index (χ0n) is 11.5. The van der Waals surface area contributed by atoms with Crippen molar-refractivity contribution in [2.45, 2.75) is 19.4 Å². The third kappa shape index (κ3) is 2.99. The predicted molar refractivity (Wildman–Crippen MR) is 77.9 cm³/mol. The van der Waals surface area contributed by atoms with E-state index in [1.165, 1.54) is 4.90 Å². The van der Waals surface area contributed by atoms with Crippen LogP contribution >= 0.6 is 11.6 Å². The first-order valence-electron chi connectivity index (χ1n) is 6.50. The standard InChI is InChI=1S/C12H16ClN5O3/c1-2-7-5-17(12(20)21)3-4-18(7)10-8(6-19)9(13)15-11(14)16-10/h6-7H,2-5H2,1H3,(H,20,21)(H2,14,15,16)/t7-/m0/s1. The molecule has 2 heterocycles. The second-order valence-corrected chi connectivity index (χ2v) is 5.07. The summed E-state index contributed by atoms with van der Waals surface area (Å²) in [7, 11) is 0. The Hall–Kier alpha value is -2.09. The van der Waals surface area contributed by atoms with Crippen molar-refractivity contribution in [3.63, 3.8) is 0 Å². The van der Waals surface area contributed by atoms with Gasteiger partial charge in [0.25, 0.3) is 0 Å². The van der Waals surface area contributed by atoms with Gasteiger partial charge in [0.15, 0.2) is 6.29 Å². The zero-order chi connectivity index (χ0) is 15.6. The Morgan fingerprint density at radius 3 is 2.81 bits per heavy atom. The number of hydrogen-bond donors (Lipinski definition) is 2. The molecule has 0 spiro atoms. The summed E-state index contributed by atoms with van der Waals surface area (Å²) in [5, 5.41) is 9.08. The van der Waals surface area contributed by atoms with Gasteiger partial charge in [-0.2, -0.15) is 4.98 Å². The van der Waals surface area contributed by atoms with Crippen molar-refractivity contribution in [3.05, 3.63) is 10.7 Å². The lowest BCUT2D eigenvalue weighted by Crippen LogP contribution is -2.55. The summed E-state index contributed by atoms with van der Waals surface area (Å²) >= 11 is 5.93. The van der Waals surface area contributed by atoms with Crippen molar-refractivity contribution in [2.75, 3.05) is 30.3 Å². The molecule has 21 heavy (non-hydrogen) atoms. The molecule has 114 valence electrons. The highest BCUT2D eigenvalue weighted by Gasteiger charge is 2.31. The highest BCUT2D eigenvalue weighted by Crippen LogP contribution is 2.27. The molecule has 0 aliphatic carbocycles. The minimum Gasteiger partial charge on any atom is -0.465 e. The summed E-state index contributed by atoms with van der Waals surface area (Å²) in [5.74, 6) is 0.343. The van der Waals surface area contributed by atoms with Crippen LogP contribution in [-0.4, -0.2) is 58.0 Å². The van der Waals surface area contributed by atoms with Gasteiger partial charge in [-0.25, -0.2) is 9.78 Å². The molecule has 2 rings (SSSR count). The average molecular weight is 314 g/mol. The first-order valence-corrected chi connectivity index (χ1v) is 6.88. The molecule has 1 saturated heterocycles. The molecule has 8 nitrogen and oxygen atoms in total. The minimum absolute atomic E-state index is 0.00279. The summed E-state index contributed by atoms with van der Waals surface area (Å²) in [6.07, 6.45) is 0.334. The fourth-order valence-corrected chi connectivity index (χ4v) is 2.64. The van der Waals surface area contributed by atoms with E-state index in [4.69, 9.17) is 22.4 Å². The molecule has 1 fully saturated rings. The van der Waals surface area contributed by atoms with Gasteiger partial charge >= 0.3 is 6.09 Å². The molecule has 1 aliphatic rings. The number of halogens is 1. The number of rotatable bonds is 3. The molecule has 1 amide bonds. The molecule has 0 unspecified atom stereocenters. The normalized spacial score (nSPS) is 18.7. The van der Waals surface area contributed by atoms with Gasteiger partial charge in [0, 0.05) is 25.7 Å². The molecule has 1 aromatic heterocycles. The number of nitrogens with zero attached hydrogens (tertiary/aromatic N) is 4. The number of hydrogen-bond acceptors (Lipinski definition) is 6. The Labute approximate surface area is 126 Å². The lowest BCUT2D eigenvalue weighted by atomic mass is 10.1. The van der Waals surface area contributed by atoms with Crippen LogP contribution in [0.15, 0.2) is 0 Å². The number of nitrogens with two attached hydrogens (primary N) is 1. The Bertz CT molecular complexity index is 568. The molecule has 0 aromatic carbocycles. The van der Waals surface area contributed by atoms with Crippen LogP contribution in [0, 0.1) is 0 Å². The monoisotopic (exact) mass is 313 g/mol. The average Bonchev–Trinajstić information content (AvgIpc) is 2.45. The summed E-state index contributed by atoms with van der Waals surface area (Å²) in [6.45, 7) is 3.02. The largest absolute Gasteiger partial charge is 0.465 e. The van der Waals surface area contributed by atoms with E-state index in [0.717, 1.165) is 0 Å². The maximum atomic E-state index is 11.2. The Morgan fingerprint density at radius 2 is 2.24 bits per heavy atom. The molecule has 1 aromatic rings. The summed E-state index contributed by atoms with van der Waals surface area (Å²) in [4.78, 5) is 33.4. The van der Waals surface area contributed by atoms with E-state index in [-0.39, 0.29) is 22.7 Å². The SMILES string of the molecule is CC[C@H]1CN(C(=O)O)CCN1c1nc(N)nc(Cl)c1C=O. The van der Waals surface area contributed by atoms with Crippen LogP contribution in [0.4, 0.5) is 16.6 Å². The fourth-order valence-electron chi connectivity index (χ4n) is 2.42. The van der Waals surface area contributed by atoms with Crippen LogP contribution in [-0.2, 0) is 0 Å². The Kier molecular flexibility index (Phi) is 4.46. The number of nitrogen functional groups attached to an aromatic ring is 1. The number of carbonyl (C=O) groups excluding carboxylic acids is 1. The van der Waals surface area contributed by atoms with E-state index in [2.05, 4.69) is 9.97 Å².